The largest absolute Gasteiger partial charge is 0.315 e. The van der Waals surface area contributed by atoms with E-state index in [1.165, 1.54) is 12.4 Å². The predicted molar refractivity (Wildman–Crippen MR) is 59.8 cm³/mol. The van der Waals surface area contributed by atoms with Crippen molar-refractivity contribution >= 4 is 9.84 Å². The highest BCUT2D eigenvalue weighted by Gasteiger charge is 2.31. The van der Waals surface area contributed by atoms with Gasteiger partial charge in [-0.2, -0.15) is 0 Å². The predicted octanol–water partition coefficient (Wildman–Crippen LogP) is 0.311. The highest BCUT2D eigenvalue weighted by molar-refractivity contribution is 7.92. The van der Waals surface area contributed by atoms with Gasteiger partial charge in [-0.1, -0.05) is 0 Å². The van der Waals surface area contributed by atoms with E-state index in [4.69, 9.17) is 0 Å². The Morgan fingerprint density at radius 3 is 2.75 bits per heavy atom. The molecule has 2 heterocycles. The fraction of sp³-hybridized carbons (Fsp3) is 0.600. The van der Waals surface area contributed by atoms with Gasteiger partial charge in [-0.3, -0.25) is 4.98 Å². The average Bonchev–Trinajstić information content (AvgIpc) is 2.30. The summed E-state index contributed by atoms with van der Waals surface area (Å²) in [5, 5.41) is 2.87. The number of aromatic nitrogens is 2. The summed E-state index contributed by atoms with van der Waals surface area (Å²) in [5.74, 6) is 0. The molecule has 2 rings (SSSR count). The van der Waals surface area contributed by atoms with Gasteiger partial charge in [0, 0.05) is 18.9 Å². The zero-order valence-corrected chi connectivity index (χ0v) is 10.00. The first-order valence-electron chi connectivity index (χ1n) is 5.34. The van der Waals surface area contributed by atoms with Crippen molar-refractivity contribution in [1.82, 2.24) is 15.3 Å². The number of hydrogen-bond acceptors (Lipinski definition) is 5. The molecule has 88 valence electrons. The minimum atomic E-state index is -3.33. The summed E-state index contributed by atoms with van der Waals surface area (Å²) in [5.41, 5.74) is 0.480. The summed E-state index contributed by atoms with van der Waals surface area (Å²) in [7, 11) is -3.33. The van der Waals surface area contributed by atoms with Crippen LogP contribution in [0.4, 0.5) is 0 Å². The SMILES string of the molecule is Cc1nccnc1S(=O)(=O)[C@@H]1CCCNC1. The molecule has 0 amide bonds. The quantitative estimate of drug-likeness (QED) is 0.807. The van der Waals surface area contributed by atoms with Gasteiger partial charge in [0.15, 0.2) is 5.03 Å². The molecule has 1 atom stereocenters. The molecule has 6 heteroatoms. The number of piperidine rings is 1. The first-order chi connectivity index (χ1) is 7.62. The van der Waals surface area contributed by atoms with Gasteiger partial charge in [-0.15, -0.1) is 0 Å². The summed E-state index contributed by atoms with van der Waals surface area (Å²) < 4.78 is 24.5. The molecule has 1 saturated heterocycles. The van der Waals surface area contributed by atoms with Gasteiger partial charge < -0.3 is 5.32 Å². The monoisotopic (exact) mass is 241 g/mol. The lowest BCUT2D eigenvalue weighted by molar-refractivity contribution is 0.494. The van der Waals surface area contributed by atoms with E-state index in [0.717, 1.165) is 13.0 Å². The van der Waals surface area contributed by atoms with Crippen LogP contribution >= 0.6 is 0 Å². The minimum Gasteiger partial charge on any atom is -0.315 e. The second-order valence-corrected chi connectivity index (χ2v) is 6.10. The van der Waals surface area contributed by atoms with Crippen LogP contribution in [-0.4, -0.2) is 36.7 Å². The van der Waals surface area contributed by atoms with Crippen molar-refractivity contribution in [3.05, 3.63) is 18.1 Å². The normalized spacial score (nSPS) is 21.9. The number of nitrogens with one attached hydrogen (secondary N) is 1. The van der Waals surface area contributed by atoms with Crippen molar-refractivity contribution in [1.29, 1.82) is 0 Å². The molecular formula is C10H15N3O2S. The first-order valence-corrected chi connectivity index (χ1v) is 6.89. The fourth-order valence-electron chi connectivity index (χ4n) is 1.92. The van der Waals surface area contributed by atoms with Crippen LogP contribution in [-0.2, 0) is 9.84 Å². The van der Waals surface area contributed by atoms with Gasteiger partial charge >= 0.3 is 0 Å². The van der Waals surface area contributed by atoms with Crippen LogP contribution < -0.4 is 5.32 Å². The molecule has 1 fully saturated rings. The second kappa shape index (κ2) is 4.47. The standard InChI is InChI=1S/C10H15N3O2S/c1-8-10(13-6-5-12-8)16(14,15)9-3-2-4-11-7-9/h5-6,9,11H,2-4,7H2,1H3/t9-/m1/s1. The molecule has 1 N–H and O–H groups in total. The van der Waals surface area contributed by atoms with Crippen LogP contribution in [0.25, 0.3) is 0 Å². The lowest BCUT2D eigenvalue weighted by Crippen LogP contribution is -2.39. The van der Waals surface area contributed by atoms with Crippen LogP contribution in [0.2, 0.25) is 0 Å². The highest BCUT2D eigenvalue weighted by Crippen LogP contribution is 2.20. The van der Waals surface area contributed by atoms with Crippen LogP contribution in [0.5, 0.6) is 0 Å². The maximum Gasteiger partial charge on any atom is 0.201 e. The Labute approximate surface area is 95.2 Å². The van der Waals surface area contributed by atoms with Crippen molar-refractivity contribution in [3.8, 4) is 0 Å². The van der Waals surface area contributed by atoms with Crippen molar-refractivity contribution in [2.75, 3.05) is 13.1 Å². The molecule has 1 aliphatic rings. The van der Waals surface area contributed by atoms with Crippen molar-refractivity contribution in [2.45, 2.75) is 30.0 Å². The third kappa shape index (κ3) is 2.08. The lowest BCUT2D eigenvalue weighted by atomic mass is 10.2. The van der Waals surface area contributed by atoms with Gasteiger partial charge in [0.2, 0.25) is 9.84 Å². The lowest BCUT2D eigenvalue weighted by Gasteiger charge is -2.22. The summed E-state index contributed by atoms with van der Waals surface area (Å²) in [6.45, 7) is 3.08. The number of nitrogens with zero attached hydrogens (tertiary/aromatic N) is 2. The maximum atomic E-state index is 12.3. The molecule has 0 spiro atoms. The molecule has 1 aromatic rings. The Morgan fingerprint density at radius 1 is 1.38 bits per heavy atom. The van der Waals surface area contributed by atoms with E-state index < -0.39 is 9.84 Å². The Hall–Kier alpha value is -1.01. The third-order valence-electron chi connectivity index (χ3n) is 2.80. The number of rotatable bonds is 2. The van der Waals surface area contributed by atoms with E-state index in [-0.39, 0.29) is 10.3 Å². The van der Waals surface area contributed by atoms with Crippen molar-refractivity contribution in [2.24, 2.45) is 0 Å². The van der Waals surface area contributed by atoms with Crippen molar-refractivity contribution < 1.29 is 8.42 Å². The summed E-state index contributed by atoms with van der Waals surface area (Å²) in [4.78, 5) is 7.93. The van der Waals surface area contributed by atoms with Gasteiger partial charge in [0.05, 0.1) is 10.9 Å². The van der Waals surface area contributed by atoms with Gasteiger partial charge in [0.25, 0.3) is 0 Å². The number of aryl methyl sites for hydroxylation is 1. The molecule has 1 aliphatic heterocycles. The molecule has 0 radical (unpaired) electrons. The molecule has 0 saturated carbocycles. The average molecular weight is 241 g/mol. The Bertz CT molecular complexity index is 467. The number of hydrogen-bond donors (Lipinski definition) is 1. The molecule has 0 bridgehead atoms. The van der Waals surface area contributed by atoms with Gasteiger partial charge in [-0.05, 0) is 26.3 Å². The zero-order valence-electron chi connectivity index (χ0n) is 9.18. The maximum absolute atomic E-state index is 12.3. The van der Waals surface area contributed by atoms with Crippen molar-refractivity contribution in [3.63, 3.8) is 0 Å². The molecule has 0 unspecified atom stereocenters. The molecular weight excluding hydrogens is 226 g/mol. The molecule has 1 aromatic heterocycles. The van der Waals surface area contributed by atoms with E-state index in [2.05, 4.69) is 15.3 Å². The Morgan fingerprint density at radius 2 is 2.12 bits per heavy atom. The van der Waals surface area contributed by atoms with Crippen LogP contribution in [0.1, 0.15) is 18.5 Å². The van der Waals surface area contributed by atoms with Gasteiger partial charge in [0.1, 0.15) is 0 Å². The molecule has 0 aromatic carbocycles. The van der Waals surface area contributed by atoms with Gasteiger partial charge in [-0.25, -0.2) is 13.4 Å². The fourth-order valence-corrected chi connectivity index (χ4v) is 3.72. The van der Waals surface area contributed by atoms with E-state index in [0.29, 0.717) is 18.7 Å². The Balaban J connectivity index is 2.35. The smallest absolute Gasteiger partial charge is 0.201 e. The van der Waals surface area contributed by atoms with Crippen LogP contribution in [0, 0.1) is 6.92 Å². The van der Waals surface area contributed by atoms with E-state index in [1.807, 2.05) is 0 Å². The van der Waals surface area contributed by atoms with E-state index in [1.54, 1.807) is 6.92 Å². The third-order valence-corrected chi connectivity index (χ3v) is 5.02. The highest BCUT2D eigenvalue weighted by atomic mass is 32.2. The summed E-state index contributed by atoms with van der Waals surface area (Å²) >= 11 is 0. The van der Waals surface area contributed by atoms with E-state index >= 15 is 0 Å². The topological polar surface area (TPSA) is 72.0 Å². The Kier molecular flexibility index (Phi) is 3.20. The molecule has 0 aliphatic carbocycles. The van der Waals surface area contributed by atoms with Crippen LogP contribution in [0.15, 0.2) is 17.4 Å². The molecule has 5 nitrogen and oxygen atoms in total. The summed E-state index contributed by atoms with van der Waals surface area (Å²) in [6.07, 6.45) is 4.53. The van der Waals surface area contributed by atoms with Crippen LogP contribution in [0.3, 0.4) is 0 Å². The second-order valence-electron chi connectivity index (χ2n) is 3.96. The number of sulfone groups is 1. The summed E-state index contributed by atoms with van der Waals surface area (Å²) in [6, 6.07) is 0. The first kappa shape index (κ1) is 11.5. The minimum absolute atomic E-state index is 0.128. The zero-order chi connectivity index (χ0) is 11.6. The van der Waals surface area contributed by atoms with E-state index in [9.17, 15) is 8.42 Å². The molecule has 16 heavy (non-hydrogen) atoms.